The minimum absolute atomic E-state index is 0.115. The summed E-state index contributed by atoms with van der Waals surface area (Å²) in [5, 5.41) is 3.65. The highest BCUT2D eigenvalue weighted by atomic mass is 16.5. The second-order valence-corrected chi connectivity index (χ2v) is 8.20. The van der Waals surface area contributed by atoms with Gasteiger partial charge in [-0.1, -0.05) is 103 Å². The molecule has 4 nitrogen and oxygen atoms in total. The van der Waals surface area contributed by atoms with Crippen molar-refractivity contribution in [2.75, 3.05) is 13.7 Å². The fourth-order valence-electron chi connectivity index (χ4n) is 4.27. The van der Waals surface area contributed by atoms with Crippen LogP contribution in [0.3, 0.4) is 0 Å². The maximum absolute atomic E-state index is 13.0. The van der Waals surface area contributed by atoms with E-state index in [4.69, 9.17) is 9.47 Å². The van der Waals surface area contributed by atoms with Gasteiger partial charge in [-0.25, -0.2) is 0 Å². The highest BCUT2D eigenvalue weighted by Gasteiger charge is 2.40. The zero-order chi connectivity index (χ0) is 23.8. The van der Waals surface area contributed by atoms with Gasteiger partial charge in [0.25, 0.3) is 0 Å². The zero-order valence-electron chi connectivity index (χ0n) is 19.5. The van der Waals surface area contributed by atoms with Gasteiger partial charge in [0.15, 0.2) is 0 Å². The normalized spacial score (nSPS) is 12.1. The van der Waals surface area contributed by atoms with E-state index in [1.54, 1.807) is 0 Å². The van der Waals surface area contributed by atoms with Gasteiger partial charge < -0.3 is 9.47 Å². The molecule has 0 fully saturated rings. The van der Waals surface area contributed by atoms with Crippen molar-refractivity contribution in [1.29, 1.82) is 0 Å². The van der Waals surface area contributed by atoms with Crippen molar-refractivity contribution in [3.05, 3.63) is 138 Å². The van der Waals surface area contributed by atoms with Crippen molar-refractivity contribution in [3.63, 3.8) is 0 Å². The molecule has 1 unspecified atom stereocenters. The van der Waals surface area contributed by atoms with E-state index in [0.29, 0.717) is 5.75 Å². The Balaban J connectivity index is 1.82. The lowest BCUT2D eigenvalue weighted by Crippen LogP contribution is -2.55. The summed E-state index contributed by atoms with van der Waals surface area (Å²) in [5.41, 5.74) is 3.32. The summed E-state index contributed by atoms with van der Waals surface area (Å²) in [7, 11) is 1.40. The van der Waals surface area contributed by atoms with E-state index in [1.165, 1.54) is 7.11 Å². The molecule has 0 bridgehead atoms. The molecule has 0 amide bonds. The molecule has 1 atom stereocenters. The molecule has 4 aromatic rings. The summed E-state index contributed by atoms with van der Waals surface area (Å²) in [5.74, 6) is 0.320. The van der Waals surface area contributed by atoms with Crippen LogP contribution in [0.1, 0.15) is 22.3 Å². The fourth-order valence-corrected chi connectivity index (χ4v) is 4.27. The topological polar surface area (TPSA) is 47.6 Å². The predicted octanol–water partition coefficient (Wildman–Crippen LogP) is 5.50. The zero-order valence-corrected chi connectivity index (χ0v) is 19.5. The molecular formula is C30H29NO3. The molecule has 172 valence electrons. The minimum Gasteiger partial charge on any atom is -0.491 e. The standard InChI is InChI=1S/C30H29NO3/c1-23-13-12-20-27(21-23)34-22-28(29(32)33-2)31-30(24-14-6-3-7-15-24,25-16-8-4-9-17-25)26-18-10-5-11-19-26/h3-21,28,31H,22H2,1-2H3. The first-order chi connectivity index (χ1) is 16.6. The molecule has 1 N–H and O–H groups in total. The van der Waals surface area contributed by atoms with Crippen molar-refractivity contribution in [2.24, 2.45) is 0 Å². The summed E-state index contributed by atoms with van der Waals surface area (Å²) in [4.78, 5) is 13.0. The number of rotatable bonds is 9. The number of hydrogen-bond acceptors (Lipinski definition) is 4. The summed E-state index contributed by atoms with van der Waals surface area (Å²) in [6.07, 6.45) is 0. The summed E-state index contributed by atoms with van der Waals surface area (Å²) in [6.45, 7) is 2.12. The van der Waals surface area contributed by atoms with Gasteiger partial charge in [-0.3, -0.25) is 10.1 Å². The van der Waals surface area contributed by atoms with Gasteiger partial charge in [0, 0.05) is 0 Å². The molecule has 4 aromatic carbocycles. The Bertz CT molecular complexity index is 1100. The van der Waals surface area contributed by atoms with Gasteiger partial charge in [-0.15, -0.1) is 0 Å². The predicted molar refractivity (Wildman–Crippen MR) is 135 cm³/mol. The number of methoxy groups -OCH3 is 1. The molecule has 0 aliphatic heterocycles. The molecule has 0 saturated carbocycles. The molecular weight excluding hydrogens is 422 g/mol. The highest BCUT2D eigenvalue weighted by Crippen LogP contribution is 2.37. The first-order valence-electron chi connectivity index (χ1n) is 11.3. The summed E-state index contributed by atoms with van der Waals surface area (Å²) < 4.78 is 11.3. The molecule has 0 aromatic heterocycles. The number of benzene rings is 4. The Kier molecular flexibility index (Phi) is 7.41. The maximum Gasteiger partial charge on any atom is 0.326 e. The van der Waals surface area contributed by atoms with Crippen LogP contribution in [-0.2, 0) is 15.1 Å². The van der Waals surface area contributed by atoms with Crippen LogP contribution in [-0.4, -0.2) is 25.7 Å². The Morgan fingerprint density at radius 2 is 1.26 bits per heavy atom. The van der Waals surface area contributed by atoms with Gasteiger partial charge in [-0.2, -0.15) is 0 Å². The van der Waals surface area contributed by atoms with Gasteiger partial charge >= 0.3 is 5.97 Å². The van der Waals surface area contributed by atoms with Crippen molar-refractivity contribution in [3.8, 4) is 5.75 Å². The van der Waals surface area contributed by atoms with Gasteiger partial charge in [0.1, 0.15) is 18.4 Å². The number of carbonyl (C=O) groups is 1. The van der Waals surface area contributed by atoms with E-state index < -0.39 is 11.6 Å². The largest absolute Gasteiger partial charge is 0.491 e. The van der Waals surface area contributed by atoms with Crippen molar-refractivity contribution in [1.82, 2.24) is 5.32 Å². The van der Waals surface area contributed by atoms with Crippen LogP contribution in [0.25, 0.3) is 0 Å². The van der Waals surface area contributed by atoms with E-state index in [0.717, 1.165) is 22.3 Å². The van der Waals surface area contributed by atoms with Gasteiger partial charge in [0.05, 0.1) is 12.6 Å². The molecule has 34 heavy (non-hydrogen) atoms. The number of aryl methyl sites for hydroxylation is 1. The summed E-state index contributed by atoms with van der Waals surface area (Å²) in [6, 6.07) is 37.5. The SMILES string of the molecule is COC(=O)C(COc1cccc(C)c1)NC(c1ccccc1)(c1ccccc1)c1ccccc1. The molecule has 0 saturated heterocycles. The first-order valence-corrected chi connectivity index (χ1v) is 11.3. The molecule has 4 heteroatoms. The molecule has 0 spiro atoms. The Morgan fingerprint density at radius 1 is 0.765 bits per heavy atom. The van der Waals surface area contributed by atoms with Crippen LogP contribution in [0.4, 0.5) is 0 Å². The van der Waals surface area contributed by atoms with Gasteiger partial charge in [0.2, 0.25) is 0 Å². The molecule has 4 rings (SSSR count). The third-order valence-electron chi connectivity index (χ3n) is 5.90. The second kappa shape index (κ2) is 10.8. The maximum atomic E-state index is 13.0. The number of ether oxygens (including phenoxy) is 2. The van der Waals surface area contributed by atoms with E-state index >= 15 is 0 Å². The van der Waals surface area contributed by atoms with Crippen LogP contribution >= 0.6 is 0 Å². The second-order valence-electron chi connectivity index (χ2n) is 8.20. The van der Waals surface area contributed by atoms with E-state index in [9.17, 15) is 4.79 Å². The average Bonchev–Trinajstić information content (AvgIpc) is 2.90. The first kappa shape index (κ1) is 23.3. The number of carbonyl (C=O) groups excluding carboxylic acids is 1. The Hall–Kier alpha value is -3.89. The van der Waals surface area contributed by atoms with E-state index in [2.05, 4.69) is 41.7 Å². The fraction of sp³-hybridized carbons (Fsp3) is 0.167. The van der Waals surface area contributed by atoms with Gasteiger partial charge in [-0.05, 0) is 41.3 Å². The van der Waals surface area contributed by atoms with Crippen LogP contribution in [0.5, 0.6) is 5.75 Å². The molecule has 0 radical (unpaired) electrons. The van der Waals surface area contributed by atoms with E-state index in [-0.39, 0.29) is 12.6 Å². The lowest BCUT2D eigenvalue weighted by atomic mass is 9.76. The minimum atomic E-state index is -0.807. The van der Waals surface area contributed by atoms with Crippen molar-refractivity contribution >= 4 is 5.97 Å². The summed E-state index contributed by atoms with van der Waals surface area (Å²) >= 11 is 0. The van der Waals surface area contributed by atoms with Crippen LogP contribution < -0.4 is 10.1 Å². The van der Waals surface area contributed by atoms with Crippen molar-refractivity contribution < 1.29 is 14.3 Å². The third kappa shape index (κ3) is 5.03. The van der Waals surface area contributed by atoms with E-state index in [1.807, 2.05) is 85.8 Å². The lowest BCUT2D eigenvalue weighted by Gasteiger charge is -2.39. The van der Waals surface area contributed by atoms with Crippen LogP contribution in [0.15, 0.2) is 115 Å². The Morgan fingerprint density at radius 3 is 1.71 bits per heavy atom. The number of esters is 1. The average molecular weight is 452 g/mol. The molecule has 0 heterocycles. The monoisotopic (exact) mass is 451 g/mol. The highest BCUT2D eigenvalue weighted by molar-refractivity contribution is 5.76. The number of hydrogen-bond donors (Lipinski definition) is 1. The third-order valence-corrected chi connectivity index (χ3v) is 5.90. The lowest BCUT2D eigenvalue weighted by molar-refractivity contribution is -0.144. The number of nitrogens with one attached hydrogen (secondary N) is 1. The smallest absolute Gasteiger partial charge is 0.326 e. The van der Waals surface area contributed by atoms with Crippen LogP contribution in [0.2, 0.25) is 0 Å². The molecule has 0 aliphatic rings. The van der Waals surface area contributed by atoms with Crippen molar-refractivity contribution in [2.45, 2.75) is 18.5 Å². The molecule has 0 aliphatic carbocycles. The van der Waals surface area contributed by atoms with Crippen LogP contribution in [0, 0.1) is 6.92 Å². The quantitative estimate of drug-likeness (QED) is 0.270. The Labute approximate surface area is 201 Å².